The molecule has 2 aromatic carbocycles. The number of carbonyl (C=O) groups is 2. The van der Waals surface area contributed by atoms with Gasteiger partial charge in [-0.15, -0.1) is 11.8 Å². The van der Waals surface area contributed by atoms with E-state index in [1.165, 1.54) is 11.8 Å². The smallest absolute Gasteiger partial charge is 0.252 e. The number of amides is 2. The Balaban J connectivity index is 1.59. The number of ether oxygens (including phenoxy) is 1. The zero-order chi connectivity index (χ0) is 19.9. The molecular formula is C21H25N3O3S. The monoisotopic (exact) mass is 399 g/mol. The summed E-state index contributed by atoms with van der Waals surface area (Å²) in [7, 11) is 1.58. The Bertz CT molecular complexity index is 839. The molecule has 1 aliphatic carbocycles. The molecule has 0 aliphatic heterocycles. The maximum Gasteiger partial charge on any atom is 0.252 e. The fourth-order valence-electron chi connectivity index (χ4n) is 2.94. The molecule has 1 atom stereocenters. The van der Waals surface area contributed by atoms with Gasteiger partial charge < -0.3 is 21.1 Å². The van der Waals surface area contributed by atoms with E-state index in [2.05, 4.69) is 10.6 Å². The predicted octanol–water partition coefficient (Wildman–Crippen LogP) is 2.89. The van der Waals surface area contributed by atoms with Crippen molar-refractivity contribution in [2.24, 2.45) is 11.7 Å². The van der Waals surface area contributed by atoms with Crippen LogP contribution in [0.25, 0.3) is 0 Å². The molecule has 1 saturated carbocycles. The number of thioether (sulfide) groups is 1. The Hall–Kier alpha value is -2.51. The summed E-state index contributed by atoms with van der Waals surface area (Å²) in [6.45, 7) is 0.439. The minimum absolute atomic E-state index is 0.0157. The van der Waals surface area contributed by atoms with Gasteiger partial charge in [0, 0.05) is 29.2 Å². The number of carbonyl (C=O) groups excluding carboxylic acids is 2. The molecule has 0 radical (unpaired) electrons. The van der Waals surface area contributed by atoms with Crippen molar-refractivity contribution in [1.29, 1.82) is 0 Å². The summed E-state index contributed by atoms with van der Waals surface area (Å²) < 4.78 is 5.16. The maximum atomic E-state index is 12.7. The Morgan fingerprint density at radius 2 is 2.00 bits per heavy atom. The first-order valence-corrected chi connectivity index (χ1v) is 10.3. The van der Waals surface area contributed by atoms with Crippen molar-refractivity contribution in [2.45, 2.75) is 23.8 Å². The average molecular weight is 400 g/mol. The Morgan fingerprint density at radius 1 is 1.21 bits per heavy atom. The van der Waals surface area contributed by atoms with Crippen LogP contribution in [-0.4, -0.2) is 37.3 Å². The van der Waals surface area contributed by atoms with Crippen molar-refractivity contribution < 1.29 is 14.3 Å². The molecule has 0 heterocycles. The summed E-state index contributed by atoms with van der Waals surface area (Å²) in [4.78, 5) is 25.7. The average Bonchev–Trinajstić information content (AvgIpc) is 3.56. The van der Waals surface area contributed by atoms with Gasteiger partial charge in [0.05, 0.1) is 18.4 Å². The van der Waals surface area contributed by atoms with Crippen LogP contribution in [-0.2, 0) is 4.79 Å². The molecule has 6 nitrogen and oxygen atoms in total. The number of nitrogens with one attached hydrogen (secondary N) is 2. The molecule has 0 aromatic heterocycles. The summed E-state index contributed by atoms with van der Waals surface area (Å²) in [6, 6.07) is 14.5. The number of methoxy groups -OCH3 is 1. The molecule has 1 fully saturated rings. The van der Waals surface area contributed by atoms with Crippen molar-refractivity contribution in [3.63, 3.8) is 0 Å². The molecule has 1 aliphatic rings. The molecule has 7 heteroatoms. The van der Waals surface area contributed by atoms with E-state index in [1.54, 1.807) is 25.3 Å². The van der Waals surface area contributed by atoms with Crippen LogP contribution in [0, 0.1) is 5.92 Å². The lowest BCUT2D eigenvalue weighted by Gasteiger charge is -2.17. The van der Waals surface area contributed by atoms with Gasteiger partial charge in [0.2, 0.25) is 5.91 Å². The van der Waals surface area contributed by atoms with E-state index in [0.717, 1.165) is 17.7 Å². The van der Waals surface area contributed by atoms with Gasteiger partial charge in [-0.05, 0) is 43.0 Å². The molecule has 0 saturated heterocycles. The highest BCUT2D eigenvalue weighted by molar-refractivity contribution is 8.00. The first kappa shape index (κ1) is 20.2. The molecule has 2 aromatic rings. The van der Waals surface area contributed by atoms with E-state index >= 15 is 0 Å². The number of nitrogens with two attached hydrogens (primary N) is 1. The molecule has 2 amide bonds. The van der Waals surface area contributed by atoms with E-state index in [1.807, 2.05) is 30.3 Å². The molecule has 1 unspecified atom stereocenters. The number of anilines is 1. The lowest BCUT2D eigenvalue weighted by molar-refractivity contribution is -0.113. The van der Waals surface area contributed by atoms with Gasteiger partial charge >= 0.3 is 0 Å². The number of hydrogen-bond acceptors (Lipinski definition) is 5. The highest BCUT2D eigenvalue weighted by atomic mass is 32.2. The molecule has 0 bridgehead atoms. The third-order valence-corrected chi connectivity index (χ3v) is 5.68. The molecule has 0 spiro atoms. The lowest BCUT2D eigenvalue weighted by Crippen LogP contribution is -2.41. The van der Waals surface area contributed by atoms with Crippen LogP contribution in [0.15, 0.2) is 53.4 Å². The summed E-state index contributed by atoms with van der Waals surface area (Å²) in [5, 5.41) is 5.88. The minimum atomic E-state index is -0.147. The van der Waals surface area contributed by atoms with Crippen molar-refractivity contribution in [3.8, 4) is 5.75 Å². The van der Waals surface area contributed by atoms with E-state index in [0.29, 0.717) is 29.5 Å². The van der Waals surface area contributed by atoms with Crippen LogP contribution in [0.2, 0.25) is 0 Å². The van der Waals surface area contributed by atoms with Crippen LogP contribution in [0.5, 0.6) is 5.75 Å². The quantitative estimate of drug-likeness (QED) is 0.564. The summed E-state index contributed by atoms with van der Waals surface area (Å²) in [6.07, 6.45) is 2.23. The second kappa shape index (κ2) is 9.61. The third-order valence-electron chi connectivity index (χ3n) is 4.61. The second-order valence-corrected chi connectivity index (χ2v) is 7.74. The van der Waals surface area contributed by atoms with Gasteiger partial charge in [-0.1, -0.05) is 18.2 Å². The normalized spacial score (nSPS) is 14.2. The van der Waals surface area contributed by atoms with Gasteiger partial charge in [0.1, 0.15) is 5.75 Å². The topological polar surface area (TPSA) is 93.4 Å². The zero-order valence-electron chi connectivity index (χ0n) is 15.8. The highest BCUT2D eigenvalue weighted by Crippen LogP contribution is 2.32. The lowest BCUT2D eigenvalue weighted by atomic mass is 10.1. The fraction of sp³-hybridized carbons (Fsp3) is 0.333. The number of hydrogen-bond donors (Lipinski definition) is 3. The fourth-order valence-corrected chi connectivity index (χ4v) is 3.79. The van der Waals surface area contributed by atoms with Crippen molar-refractivity contribution in [3.05, 3.63) is 54.1 Å². The zero-order valence-corrected chi connectivity index (χ0v) is 16.6. The molecule has 4 N–H and O–H groups in total. The molecule has 148 valence electrons. The SMILES string of the molecule is COc1cccc(NC(=O)CSc2ccccc2C(=O)NC(CN)C2CC2)c1. The van der Waals surface area contributed by atoms with E-state index < -0.39 is 0 Å². The van der Waals surface area contributed by atoms with Gasteiger partial charge in [-0.3, -0.25) is 9.59 Å². The van der Waals surface area contributed by atoms with Gasteiger partial charge in [-0.25, -0.2) is 0 Å². The molecular weight excluding hydrogens is 374 g/mol. The van der Waals surface area contributed by atoms with Crippen LogP contribution in [0.4, 0.5) is 5.69 Å². The molecule has 28 heavy (non-hydrogen) atoms. The Labute approximate surface area is 169 Å². The second-order valence-electron chi connectivity index (χ2n) is 6.72. The summed E-state index contributed by atoms with van der Waals surface area (Å²) in [5.41, 5.74) is 7.03. The number of benzene rings is 2. The largest absolute Gasteiger partial charge is 0.497 e. The first-order chi connectivity index (χ1) is 13.6. The minimum Gasteiger partial charge on any atom is -0.497 e. The summed E-state index contributed by atoms with van der Waals surface area (Å²) >= 11 is 1.34. The molecule has 3 rings (SSSR count). The number of rotatable bonds is 9. The van der Waals surface area contributed by atoms with Crippen LogP contribution < -0.4 is 21.1 Å². The third kappa shape index (κ3) is 5.50. The van der Waals surface area contributed by atoms with Gasteiger partial charge in [0.25, 0.3) is 5.91 Å². The van der Waals surface area contributed by atoms with Crippen LogP contribution in [0.3, 0.4) is 0 Å². The van der Waals surface area contributed by atoms with Crippen molar-refractivity contribution in [2.75, 3.05) is 24.7 Å². The van der Waals surface area contributed by atoms with Crippen molar-refractivity contribution in [1.82, 2.24) is 5.32 Å². The van der Waals surface area contributed by atoms with E-state index in [-0.39, 0.29) is 23.6 Å². The summed E-state index contributed by atoms with van der Waals surface area (Å²) in [5.74, 6) is 1.08. The standard InChI is InChI=1S/C21H25N3O3S/c1-27-16-6-4-5-15(11-16)23-20(25)13-28-19-8-3-2-7-17(19)21(26)24-18(12-22)14-9-10-14/h2-8,11,14,18H,9-10,12-13,22H2,1H3,(H,23,25)(H,24,26). The van der Waals surface area contributed by atoms with Gasteiger partial charge in [0.15, 0.2) is 0 Å². The van der Waals surface area contributed by atoms with Gasteiger partial charge in [-0.2, -0.15) is 0 Å². The van der Waals surface area contributed by atoms with Crippen LogP contribution >= 0.6 is 11.8 Å². The maximum absolute atomic E-state index is 12.7. The Kier molecular flexibility index (Phi) is 6.95. The van der Waals surface area contributed by atoms with Crippen LogP contribution in [0.1, 0.15) is 23.2 Å². The predicted molar refractivity (Wildman–Crippen MR) is 112 cm³/mol. The van der Waals surface area contributed by atoms with E-state index in [9.17, 15) is 9.59 Å². The highest BCUT2D eigenvalue weighted by Gasteiger charge is 2.31. The van der Waals surface area contributed by atoms with E-state index in [4.69, 9.17) is 10.5 Å². The first-order valence-electron chi connectivity index (χ1n) is 9.27. The van der Waals surface area contributed by atoms with Crippen molar-refractivity contribution >= 4 is 29.3 Å². The Morgan fingerprint density at radius 3 is 2.71 bits per heavy atom.